The molecule has 2 atom stereocenters. The first-order valence-electron chi connectivity index (χ1n) is 15.5. The fraction of sp³-hybridized carbons (Fsp3) is 0.545. The SMILES string of the molecule is CC(=O)N1CCC(Oc2ccc(C(=O)NCC(C(=O)NCCC3CNc4ccc(F)cc43)C3CCCCC3)cc2)CC1. The van der Waals surface area contributed by atoms with Crippen LogP contribution in [0, 0.1) is 17.7 Å². The third-order valence-corrected chi connectivity index (χ3v) is 9.13. The smallest absolute Gasteiger partial charge is 0.251 e. The molecule has 2 fully saturated rings. The van der Waals surface area contributed by atoms with E-state index in [0.29, 0.717) is 37.5 Å². The van der Waals surface area contributed by atoms with E-state index in [9.17, 15) is 18.8 Å². The number of nitrogens with zero attached hydrogens (tertiary/aromatic N) is 1. The first-order valence-corrected chi connectivity index (χ1v) is 15.5. The highest BCUT2D eigenvalue weighted by Gasteiger charge is 2.31. The van der Waals surface area contributed by atoms with Crippen LogP contribution in [0.4, 0.5) is 10.1 Å². The summed E-state index contributed by atoms with van der Waals surface area (Å²) in [5, 5.41) is 9.46. The van der Waals surface area contributed by atoms with Crippen molar-refractivity contribution in [2.75, 3.05) is 38.0 Å². The van der Waals surface area contributed by atoms with Crippen molar-refractivity contribution in [3.63, 3.8) is 0 Å². The predicted octanol–water partition coefficient (Wildman–Crippen LogP) is 4.86. The molecule has 42 heavy (non-hydrogen) atoms. The number of likely N-dealkylation sites (tertiary alicyclic amines) is 1. The topological polar surface area (TPSA) is 99.8 Å². The number of hydrogen-bond acceptors (Lipinski definition) is 5. The minimum absolute atomic E-state index is 0.0211. The molecule has 3 N–H and O–H groups in total. The molecular formula is C33H43FN4O4. The summed E-state index contributed by atoms with van der Waals surface area (Å²) in [5.74, 6) is 0.439. The van der Waals surface area contributed by atoms with Crippen LogP contribution >= 0.6 is 0 Å². The molecule has 1 aliphatic carbocycles. The van der Waals surface area contributed by atoms with Crippen LogP contribution in [-0.2, 0) is 9.59 Å². The van der Waals surface area contributed by atoms with Gasteiger partial charge in [0.25, 0.3) is 5.91 Å². The van der Waals surface area contributed by atoms with Gasteiger partial charge in [-0.2, -0.15) is 0 Å². The lowest BCUT2D eigenvalue weighted by Crippen LogP contribution is -2.43. The molecule has 1 saturated heterocycles. The van der Waals surface area contributed by atoms with Gasteiger partial charge in [-0.1, -0.05) is 19.3 Å². The molecule has 2 heterocycles. The Balaban J connectivity index is 1.11. The van der Waals surface area contributed by atoms with E-state index in [-0.39, 0.29) is 47.4 Å². The fourth-order valence-electron chi connectivity index (χ4n) is 6.61. The summed E-state index contributed by atoms with van der Waals surface area (Å²) in [6.07, 6.45) is 7.73. The van der Waals surface area contributed by atoms with Gasteiger partial charge in [0.2, 0.25) is 11.8 Å². The first-order chi connectivity index (χ1) is 20.4. The Hall–Kier alpha value is -3.62. The first kappa shape index (κ1) is 29.9. The van der Waals surface area contributed by atoms with Gasteiger partial charge in [0.15, 0.2) is 0 Å². The molecule has 2 unspecified atom stereocenters. The summed E-state index contributed by atoms with van der Waals surface area (Å²) >= 11 is 0. The van der Waals surface area contributed by atoms with E-state index in [2.05, 4.69) is 16.0 Å². The molecule has 0 aromatic heterocycles. The van der Waals surface area contributed by atoms with Crippen LogP contribution in [-0.4, -0.2) is 61.4 Å². The third-order valence-electron chi connectivity index (χ3n) is 9.13. The summed E-state index contributed by atoms with van der Waals surface area (Å²) in [5.41, 5.74) is 2.46. The van der Waals surface area contributed by atoms with Crippen LogP contribution in [0.25, 0.3) is 0 Å². The zero-order chi connectivity index (χ0) is 29.5. The molecule has 2 aliphatic heterocycles. The normalized spacial score (nSPS) is 19.9. The average Bonchev–Trinajstić information content (AvgIpc) is 3.40. The number of carbonyl (C=O) groups excluding carboxylic acids is 3. The van der Waals surface area contributed by atoms with Crippen molar-refractivity contribution in [3.8, 4) is 5.75 Å². The molecule has 8 nitrogen and oxygen atoms in total. The van der Waals surface area contributed by atoms with Crippen LogP contribution in [0.15, 0.2) is 42.5 Å². The summed E-state index contributed by atoms with van der Waals surface area (Å²) in [6.45, 7) is 4.52. The highest BCUT2D eigenvalue weighted by atomic mass is 19.1. The third kappa shape index (κ3) is 7.61. The highest BCUT2D eigenvalue weighted by molar-refractivity contribution is 5.94. The van der Waals surface area contributed by atoms with E-state index >= 15 is 0 Å². The number of fused-ring (bicyclic) bond motifs is 1. The van der Waals surface area contributed by atoms with E-state index < -0.39 is 0 Å². The van der Waals surface area contributed by atoms with Gasteiger partial charge >= 0.3 is 0 Å². The summed E-state index contributed by atoms with van der Waals surface area (Å²) in [7, 11) is 0. The summed E-state index contributed by atoms with van der Waals surface area (Å²) in [6, 6.07) is 11.9. The van der Waals surface area contributed by atoms with Gasteiger partial charge in [-0.05, 0) is 73.2 Å². The van der Waals surface area contributed by atoms with Crippen LogP contribution in [0.5, 0.6) is 5.75 Å². The van der Waals surface area contributed by atoms with Crippen molar-refractivity contribution in [1.82, 2.24) is 15.5 Å². The van der Waals surface area contributed by atoms with Gasteiger partial charge in [-0.3, -0.25) is 14.4 Å². The second-order valence-corrected chi connectivity index (χ2v) is 12.0. The summed E-state index contributed by atoms with van der Waals surface area (Å²) < 4.78 is 19.9. The lowest BCUT2D eigenvalue weighted by atomic mass is 9.79. The number of amides is 3. The summed E-state index contributed by atoms with van der Waals surface area (Å²) in [4.78, 5) is 39.8. The monoisotopic (exact) mass is 578 g/mol. The number of piperidine rings is 1. The Morgan fingerprint density at radius 3 is 2.45 bits per heavy atom. The number of nitrogens with one attached hydrogen (secondary N) is 3. The molecule has 2 aromatic rings. The molecule has 0 radical (unpaired) electrons. The molecule has 3 amide bonds. The van der Waals surface area contributed by atoms with Gasteiger partial charge in [0.05, 0.1) is 5.92 Å². The van der Waals surface area contributed by atoms with Gasteiger partial charge in [-0.15, -0.1) is 0 Å². The molecule has 9 heteroatoms. The Morgan fingerprint density at radius 1 is 1.00 bits per heavy atom. The van der Waals surface area contributed by atoms with Crippen molar-refractivity contribution < 1.29 is 23.5 Å². The van der Waals surface area contributed by atoms with Gasteiger partial charge in [0, 0.05) is 69.7 Å². The van der Waals surface area contributed by atoms with Gasteiger partial charge < -0.3 is 25.6 Å². The minimum atomic E-state index is -0.288. The zero-order valence-electron chi connectivity index (χ0n) is 24.5. The molecule has 226 valence electrons. The van der Waals surface area contributed by atoms with Crippen molar-refractivity contribution in [1.29, 1.82) is 0 Å². The minimum Gasteiger partial charge on any atom is -0.490 e. The van der Waals surface area contributed by atoms with E-state index in [1.54, 1.807) is 43.3 Å². The van der Waals surface area contributed by atoms with Crippen LogP contribution in [0.3, 0.4) is 0 Å². The fourth-order valence-corrected chi connectivity index (χ4v) is 6.61. The highest BCUT2D eigenvalue weighted by Crippen LogP contribution is 2.34. The number of ether oxygens (including phenoxy) is 1. The Morgan fingerprint density at radius 2 is 1.74 bits per heavy atom. The van der Waals surface area contributed by atoms with Crippen LogP contribution in [0.1, 0.15) is 80.1 Å². The Labute approximate surface area is 247 Å². The number of anilines is 1. The number of benzene rings is 2. The van der Waals surface area contributed by atoms with Gasteiger partial charge in [-0.25, -0.2) is 4.39 Å². The predicted molar refractivity (Wildman–Crippen MR) is 160 cm³/mol. The number of carbonyl (C=O) groups is 3. The zero-order valence-corrected chi connectivity index (χ0v) is 24.5. The number of hydrogen-bond donors (Lipinski definition) is 3. The van der Waals surface area contributed by atoms with E-state index in [1.807, 2.05) is 4.90 Å². The van der Waals surface area contributed by atoms with E-state index in [0.717, 1.165) is 62.7 Å². The number of halogens is 1. The molecular weight excluding hydrogens is 535 g/mol. The lowest BCUT2D eigenvalue weighted by molar-refractivity contribution is -0.130. The Kier molecular flexibility index (Phi) is 9.97. The molecule has 1 saturated carbocycles. The molecule has 3 aliphatic rings. The quantitative estimate of drug-likeness (QED) is 0.374. The molecule has 2 aromatic carbocycles. The maximum atomic E-state index is 13.8. The molecule has 5 rings (SSSR count). The van der Waals surface area contributed by atoms with Crippen molar-refractivity contribution in [2.24, 2.45) is 11.8 Å². The second-order valence-electron chi connectivity index (χ2n) is 12.0. The standard InChI is InChI=1S/C33H43FN4O4/c1-22(39)38-17-14-28(15-18-38)42-27-10-7-24(8-11-27)32(40)37-21-30(23-5-3-2-4-6-23)33(41)35-16-13-25-20-36-31-12-9-26(34)19-29(25)31/h7-12,19,23,25,28,30,36H,2-6,13-18,20-21H2,1H3,(H,35,41)(H,37,40). The van der Waals surface area contributed by atoms with E-state index in [4.69, 9.17) is 4.74 Å². The Bertz CT molecular complexity index is 1240. The van der Waals surface area contributed by atoms with E-state index in [1.165, 1.54) is 12.5 Å². The number of rotatable bonds is 10. The second kappa shape index (κ2) is 14.0. The molecule has 0 bridgehead atoms. The lowest BCUT2D eigenvalue weighted by Gasteiger charge is -2.31. The van der Waals surface area contributed by atoms with Gasteiger partial charge in [0.1, 0.15) is 17.7 Å². The van der Waals surface area contributed by atoms with Crippen molar-refractivity contribution in [2.45, 2.75) is 70.3 Å². The van der Waals surface area contributed by atoms with Crippen molar-refractivity contribution >= 4 is 23.4 Å². The average molecular weight is 579 g/mol. The van der Waals surface area contributed by atoms with Crippen LogP contribution in [0.2, 0.25) is 0 Å². The molecule has 0 spiro atoms. The van der Waals surface area contributed by atoms with Crippen molar-refractivity contribution in [3.05, 3.63) is 59.4 Å². The van der Waals surface area contributed by atoms with Crippen LogP contribution < -0.4 is 20.7 Å². The maximum Gasteiger partial charge on any atom is 0.251 e. The maximum absolute atomic E-state index is 13.8. The largest absolute Gasteiger partial charge is 0.490 e.